The fourth-order valence-corrected chi connectivity index (χ4v) is 2.67. The van der Waals surface area contributed by atoms with Crippen LogP contribution in [0, 0.1) is 5.92 Å². The first-order valence-corrected chi connectivity index (χ1v) is 7.08. The van der Waals surface area contributed by atoms with Gasteiger partial charge in [0, 0.05) is 6.04 Å². The van der Waals surface area contributed by atoms with Crippen molar-refractivity contribution in [2.24, 2.45) is 5.92 Å². The number of nitrogens with one attached hydrogen (secondary N) is 2. The zero-order valence-electron chi connectivity index (χ0n) is 11.2. The molecule has 0 spiro atoms. The van der Waals surface area contributed by atoms with Crippen LogP contribution in [0.15, 0.2) is 18.2 Å². The molecule has 1 atom stereocenters. The zero-order valence-corrected chi connectivity index (χ0v) is 11.2. The minimum Gasteiger partial charge on any atom is -0.491 e. The minimum absolute atomic E-state index is 0.0274. The van der Waals surface area contributed by atoms with Crippen molar-refractivity contribution in [1.29, 1.82) is 0 Å². The van der Waals surface area contributed by atoms with Crippen molar-refractivity contribution in [1.82, 2.24) is 10.6 Å². The van der Waals surface area contributed by atoms with Crippen LogP contribution < -0.4 is 15.4 Å². The molecule has 0 saturated heterocycles. The molecule has 1 aromatic carbocycles. The molecule has 0 bridgehead atoms. The van der Waals surface area contributed by atoms with E-state index in [9.17, 15) is 4.79 Å². The van der Waals surface area contributed by atoms with E-state index in [4.69, 9.17) is 4.74 Å². The van der Waals surface area contributed by atoms with Gasteiger partial charge < -0.3 is 15.4 Å². The van der Waals surface area contributed by atoms with Gasteiger partial charge in [0.05, 0.1) is 12.1 Å². The molecule has 19 heavy (non-hydrogen) atoms. The molecule has 3 rings (SSSR count). The molecule has 0 radical (unpaired) electrons. The summed E-state index contributed by atoms with van der Waals surface area (Å²) < 4.78 is 5.59. The molecule has 1 fully saturated rings. The lowest BCUT2D eigenvalue weighted by atomic mass is 9.99. The Morgan fingerprint density at radius 2 is 2.32 bits per heavy atom. The molecule has 1 heterocycles. The summed E-state index contributed by atoms with van der Waals surface area (Å²) in [6, 6.07) is 6.37. The van der Waals surface area contributed by atoms with Gasteiger partial charge in [0.1, 0.15) is 12.4 Å². The number of benzene rings is 1. The van der Waals surface area contributed by atoms with Crippen LogP contribution in [-0.2, 0) is 0 Å². The highest BCUT2D eigenvalue weighted by atomic mass is 16.5. The van der Waals surface area contributed by atoms with Gasteiger partial charge >= 0.3 is 0 Å². The van der Waals surface area contributed by atoms with E-state index in [1.165, 1.54) is 18.4 Å². The smallest absolute Gasteiger partial charge is 0.255 e. The first kappa shape index (κ1) is 12.5. The van der Waals surface area contributed by atoms with E-state index in [1.54, 1.807) is 0 Å². The quantitative estimate of drug-likeness (QED) is 0.869. The number of carbonyl (C=O) groups excluding carboxylic acids is 1. The summed E-state index contributed by atoms with van der Waals surface area (Å²) in [6.45, 7) is 4.18. The van der Waals surface area contributed by atoms with Crippen molar-refractivity contribution in [3.8, 4) is 5.75 Å². The summed E-state index contributed by atoms with van der Waals surface area (Å²) in [7, 11) is 0. The van der Waals surface area contributed by atoms with E-state index in [-0.39, 0.29) is 5.91 Å². The molecule has 0 aromatic heterocycles. The lowest BCUT2D eigenvalue weighted by molar-refractivity contribution is 0.0957. The van der Waals surface area contributed by atoms with Crippen LogP contribution in [0.2, 0.25) is 0 Å². The predicted octanol–water partition coefficient (Wildman–Crippen LogP) is 1.87. The SMILES string of the molecule is CCNC(c1ccc2c(c1)C(=O)NCCO2)C1CC1. The molecule has 1 aliphatic carbocycles. The Balaban J connectivity index is 1.92. The van der Waals surface area contributed by atoms with E-state index in [1.807, 2.05) is 12.1 Å². The maximum absolute atomic E-state index is 12.0. The van der Waals surface area contributed by atoms with Gasteiger partial charge in [-0.1, -0.05) is 13.0 Å². The van der Waals surface area contributed by atoms with Gasteiger partial charge in [-0.05, 0) is 43.0 Å². The number of amides is 1. The molecule has 1 amide bonds. The first-order chi connectivity index (χ1) is 9.29. The van der Waals surface area contributed by atoms with Crippen LogP contribution in [0.3, 0.4) is 0 Å². The van der Waals surface area contributed by atoms with Gasteiger partial charge in [-0.25, -0.2) is 0 Å². The average Bonchev–Trinajstić information content (AvgIpc) is 3.25. The van der Waals surface area contributed by atoms with Crippen molar-refractivity contribution in [3.05, 3.63) is 29.3 Å². The van der Waals surface area contributed by atoms with Crippen LogP contribution in [0.1, 0.15) is 41.7 Å². The second-order valence-electron chi connectivity index (χ2n) is 5.23. The number of hydrogen-bond acceptors (Lipinski definition) is 3. The second-order valence-corrected chi connectivity index (χ2v) is 5.23. The van der Waals surface area contributed by atoms with Crippen molar-refractivity contribution < 1.29 is 9.53 Å². The molecular formula is C15H20N2O2. The molecule has 102 valence electrons. The Bertz CT molecular complexity index is 483. The van der Waals surface area contributed by atoms with Gasteiger partial charge in [0.25, 0.3) is 5.91 Å². The summed E-state index contributed by atoms with van der Waals surface area (Å²) in [5.41, 5.74) is 1.86. The van der Waals surface area contributed by atoms with Crippen molar-refractivity contribution in [3.63, 3.8) is 0 Å². The molecule has 1 unspecified atom stereocenters. The summed E-state index contributed by atoms with van der Waals surface area (Å²) in [5.74, 6) is 1.39. The largest absolute Gasteiger partial charge is 0.491 e. The third-order valence-corrected chi connectivity index (χ3v) is 3.77. The third-order valence-electron chi connectivity index (χ3n) is 3.77. The molecular weight excluding hydrogens is 240 g/mol. The number of carbonyl (C=O) groups is 1. The Kier molecular flexibility index (Phi) is 3.42. The number of rotatable bonds is 4. The Morgan fingerprint density at radius 3 is 3.05 bits per heavy atom. The van der Waals surface area contributed by atoms with E-state index >= 15 is 0 Å². The van der Waals surface area contributed by atoms with Crippen LogP contribution >= 0.6 is 0 Å². The highest BCUT2D eigenvalue weighted by molar-refractivity contribution is 5.97. The van der Waals surface area contributed by atoms with Gasteiger partial charge in [0.2, 0.25) is 0 Å². The van der Waals surface area contributed by atoms with E-state index < -0.39 is 0 Å². The van der Waals surface area contributed by atoms with Crippen molar-refractivity contribution in [2.75, 3.05) is 19.7 Å². The normalized spacial score (nSPS) is 19.9. The Labute approximate surface area is 113 Å². The average molecular weight is 260 g/mol. The fraction of sp³-hybridized carbons (Fsp3) is 0.533. The van der Waals surface area contributed by atoms with Crippen molar-refractivity contribution in [2.45, 2.75) is 25.8 Å². The lowest BCUT2D eigenvalue weighted by Gasteiger charge is -2.19. The highest BCUT2D eigenvalue weighted by Gasteiger charge is 2.32. The van der Waals surface area contributed by atoms with Gasteiger partial charge in [0.15, 0.2) is 0 Å². The van der Waals surface area contributed by atoms with Crippen LogP contribution in [0.4, 0.5) is 0 Å². The third kappa shape index (κ3) is 2.59. The van der Waals surface area contributed by atoms with E-state index in [0.717, 1.165) is 6.54 Å². The molecule has 2 N–H and O–H groups in total. The van der Waals surface area contributed by atoms with Gasteiger partial charge in [-0.2, -0.15) is 0 Å². The van der Waals surface area contributed by atoms with Gasteiger partial charge in [-0.3, -0.25) is 4.79 Å². The minimum atomic E-state index is -0.0274. The number of hydrogen-bond donors (Lipinski definition) is 2. The van der Waals surface area contributed by atoms with Crippen molar-refractivity contribution >= 4 is 5.91 Å². The van der Waals surface area contributed by atoms with E-state index in [2.05, 4.69) is 23.6 Å². The lowest BCUT2D eigenvalue weighted by Crippen LogP contribution is -2.25. The standard InChI is InChI=1S/C15H20N2O2/c1-2-16-14(10-3-4-10)11-5-6-13-12(9-11)15(18)17-7-8-19-13/h5-6,9-10,14,16H,2-4,7-8H2,1H3,(H,17,18). The predicted molar refractivity (Wildman–Crippen MR) is 73.4 cm³/mol. The zero-order chi connectivity index (χ0) is 13.2. The maximum Gasteiger partial charge on any atom is 0.255 e. The fourth-order valence-electron chi connectivity index (χ4n) is 2.67. The summed E-state index contributed by atoms with van der Waals surface area (Å²) in [5, 5.41) is 6.38. The first-order valence-electron chi connectivity index (χ1n) is 7.08. The highest BCUT2D eigenvalue weighted by Crippen LogP contribution is 2.41. The molecule has 1 saturated carbocycles. The molecule has 2 aliphatic rings. The molecule has 1 aliphatic heterocycles. The van der Waals surface area contributed by atoms with Gasteiger partial charge in [-0.15, -0.1) is 0 Å². The molecule has 1 aromatic rings. The Hall–Kier alpha value is -1.55. The second kappa shape index (κ2) is 5.21. The summed E-state index contributed by atoms with van der Waals surface area (Å²) >= 11 is 0. The topological polar surface area (TPSA) is 50.4 Å². The monoisotopic (exact) mass is 260 g/mol. The van der Waals surface area contributed by atoms with Crippen LogP contribution in [0.5, 0.6) is 5.75 Å². The number of ether oxygens (including phenoxy) is 1. The summed E-state index contributed by atoms with van der Waals surface area (Å²) in [4.78, 5) is 12.0. The summed E-state index contributed by atoms with van der Waals surface area (Å²) in [6.07, 6.45) is 2.55. The maximum atomic E-state index is 12.0. The molecule has 4 heteroatoms. The van der Waals surface area contributed by atoms with Crippen LogP contribution in [-0.4, -0.2) is 25.6 Å². The molecule has 4 nitrogen and oxygen atoms in total. The van der Waals surface area contributed by atoms with E-state index in [0.29, 0.717) is 36.4 Å². The Morgan fingerprint density at radius 1 is 1.47 bits per heavy atom. The number of fused-ring (bicyclic) bond motifs is 1. The van der Waals surface area contributed by atoms with Crippen LogP contribution in [0.25, 0.3) is 0 Å².